The number of hydrogen-bond acceptors (Lipinski definition) is 5. The molecule has 0 amide bonds. The third-order valence-electron chi connectivity index (χ3n) is 6.63. The van der Waals surface area contributed by atoms with Gasteiger partial charge >= 0.3 is 0 Å². The number of rotatable bonds is 5. The number of aromatic nitrogens is 4. The summed E-state index contributed by atoms with van der Waals surface area (Å²) >= 11 is 6.60. The maximum atomic E-state index is 6.60. The van der Waals surface area contributed by atoms with Crippen molar-refractivity contribution in [3.8, 4) is 22.7 Å². The molecule has 0 unspecified atom stereocenters. The molecule has 158 valence electrons. The molecule has 4 aromatic rings. The minimum atomic E-state index is 0.400. The van der Waals surface area contributed by atoms with Gasteiger partial charge in [0, 0.05) is 41.7 Å². The number of ether oxygens (including phenoxy) is 1. The van der Waals surface area contributed by atoms with Crippen LogP contribution >= 0.6 is 11.6 Å². The van der Waals surface area contributed by atoms with Crippen LogP contribution < -0.4 is 15.4 Å². The Bertz CT molecular complexity index is 1260. The van der Waals surface area contributed by atoms with Crippen LogP contribution in [0.5, 0.6) is 5.75 Å². The number of nitrogens with one attached hydrogen (secondary N) is 3. The second-order valence-corrected chi connectivity index (χ2v) is 8.92. The van der Waals surface area contributed by atoms with Crippen molar-refractivity contribution in [1.29, 1.82) is 0 Å². The molecule has 2 aromatic carbocycles. The average Bonchev–Trinajstić information content (AvgIpc) is 3.10. The lowest BCUT2D eigenvalue weighted by Gasteiger charge is -2.21. The van der Waals surface area contributed by atoms with Crippen LogP contribution in [0.15, 0.2) is 48.8 Å². The topological polar surface area (TPSA) is 79.8 Å². The van der Waals surface area contributed by atoms with Gasteiger partial charge in [-0.3, -0.25) is 5.10 Å². The SMILES string of the molecule is COc1ccc(-n2cc(-c3n[nH]c4cc(Cl)c(N[C@H]5CNCC56CC6)cc34)cn2)cc1. The molecule has 1 saturated carbocycles. The van der Waals surface area contributed by atoms with Crippen LogP contribution in [0, 0.1) is 5.41 Å². The Morgan fingerprint density at radius 3 is 2.84 bits per heavy atom. The first-order chi connectivity index (χ1) is 15.1. The number of fused-ring (bicyclic) bond motifs is 1. The molecule has 0 bridgehead atoms. The Morgan fingerprint density at radius 1 is 1.23 bits per heavy atom. The van der Waals surface area contributed by atoms with Gasteiger partial charge in [0.2, 0.25) is 0 Å². The molecule has 8 heteroatoms. The van der Waals surface area contributed by atoms with E-state index in [-0.39, 0.29) is 0 Å². The zero-order valence-corrected chi connectivity index (χ0v) is 17.9. The van der Waals surface area contributed by atoms with Gasteiger partial charge in [-0.1, -0.05) is 11.6 Å². The summed E-state index contributed by atoms with van der Waals surface area (Å²) in [6, 6.07) is 12.3. The van der Waals surface area contributed by atoms with Crippen molar-refractivity contribution in [2.75, 3.05) is 25.5 Å². The molecule has 2 aliphatic rings. The zero-order chi connectivity index (χ0) is 21.0. The molecule has 3 heterocycles. The molecule has 1 spiro atoms. The third kappa shape index (κ3) is 3.16. The molecule has 1 atom stereocenters. The van der Waals surface area contributed by atoms with Crippen LogP contribution in [0.25, 0.3) is 27.8 Å². The lowest BCUT2D eigenvalue weighted by atomic mass is 10.0. The molecule has 1 aliphatic carbocycles. The number of methoxy groups -OCH3 is 1. The van der Waals surface area contributed by atoms with E-state index < -0.39 is 0 Å². The fourth-order valence-electron chi connectivity index (χ4n) is 4.57. The van der Waals surface area contributed by atoms with Crippen LogP contribution in [0.4, 0.5) is 5.69 Å². The smallest absolute Gasteiger partial charge is 0.119 e. The maximum absolute atomic E-state index is 6.60. The Kier molecular flexibility index (Phi) is 4.23. The van der Waals surface area contributed by atoms with Gasteiger partial charge in [0.05, 0.1) is 35.2 Å². The fraction of sp³-hybridized carbons (Fsp3) is 0.304. The van der Waals surface area contributed by atoms with Crippen molar-refractivity contribution in [1.82, 2.24) is 25.3 Å². The zero-order valence-electron chi connectivity index (χ0n) is 17.2. The first-order valence-electron chi connectivity index (χ1n) is 10.5. The highest BCUT2D eigenvalue weighted by Crippen LogP contribution is 2.51. The average molecular weight is 435 g/mol. The number of aromatic amines is 1. The van der Waals surface area contributed by atoms with Gasteiger partial charge in [-0.2, -0.15) is 10.2 Å². The number of benzene rings is 2. The van der Waals surface area contributed by atoms with Crippen molar-refractivity contribution in [2.24, 2.45) is 5.41 Å². The molecule has 6 rings (SSSR count). The minimum Gasteiger partial charge on any atom is -0.497 e. The maximum Gasteiger partial charge on any atom is 0.119 e. The summed E-state index contributed by atoms with van der Waals surface area (Å²) in [7, 11) is 1.66. The second-order valence-electron chi connectivity index (χ2n) is 8.51. The van der Waals surface area contributed by atoms with Crippen molar-refractivity contribution >= 4 is 28.2 Å². The Morgan fingerprint density at radius 2 is 2.06 bits per heavy atom. The van der Waals surface area contributed by atoms with E-state index in [2.05, 4.69) is 32.0 Å². The first kappa shape index (κ1) is 18.7. The second kappa shape index (κ2) is 7.00. The van der Waals surface area contributed by atoms with Gasteiger partial charge in [-0.15, -0.1) is 0 Å². The van der Waals surface area contributed by atoms with Crippen molar-refractivity contribution < 1.29 is 4.74 Å². The molecule has 1 aliphatic heterocycles. The number of halogens is 1. The highest BCUT2D eigenvalue weighted by atomic mass is 35.5. The summed E-state index contributed by atoms with van der Waals surface area (Å²) in [5.74, 6) is 0.816. The molecule has 7 nitrogen and oxygen atoms in total. The molecule has 1 saturated heterocycles. The summed E-state index contributed by atoms with van der Waals surface area (Å²) in [5, 5.41) is 21.1. The van der Waals surface area contributed by atoms with Crippen LogP contribution in [-0.4, -0.2) is 46.2 Å². The van der Waals surface area contributed by atoms with Crippen molar-refractivity contribution in [3.05, 3.63) is 53.8 Å². The fourth-order valence-corrected chi connectivity index (χ4v) is 4.79. The number of hydrogen-bond donors (Lipinski definition) is 3. The van der Waals surface area contributed by atoms with Gasteiger partial charge in [0.15, 0.2) is 0 Å². The molecule has 2 fully saturated rings. The summed E-state index contributed by atoms with van der Waals surface area (Å²) in [6.07, 6.45) is 6.37. The normalized spacial score (nSPS) is 19.2. The Labute approximate surface area is 184 Å². The Hall–Kier alpha value is -3.03. The van der Waals surface area contributed by atoms with E-state index in [9.17, 15) is 0 Å². The first-order valence-corrected chi connectivity index (χ1v) is 10.9. The molecular formula is C23H23ClN6O. The van der Waals surface area contributed by atoms with E-state index in [0.717, 1.165) is 52.4 Å². The summed E-state index contributed by atoms with van der Waals surface area (Å²) in [5.41, 5.74) is 5.03. The lowest BCUT2D eigenvalue weighted by Crippen LogP contribution is -2.29. The van der Waals surface area contributed by atoms with E-state index in [1.165, 1.54) is 12.8 Å². The van der Waals surface area contributed by atoms with Crippen LogP contribution in [0.3, 0.4) is 0 Å². The van der Waals surface area contributed by atoms with Crippen LogP contribution in [0.2, 0.25) is 5.02 Å². The van der Waals surface area contributed by atoms with E-state index in [1.54, 1.807) is 7.11 Å². The predicted molar refractivity (Wildman–Crippen MR) is 122 cm³/mol. The van der Waals surface area contributed by atoms with Crippen molar-refractivity contribution in [2.45, 2.75) is 18.9 Å². The molecule has 3 N–H and O–H groups in total. The highest BCUT2D eigenvalue weighted by molar-refractivity contribution is 6.34. The van der Waals surface area contributed by atoms with Crippen molar-refractivity contribution in [3.63, 3.8) is 0 Å². The highest BCUT2D eigenvalue weighted by Gasteiger charge is 2.52. The van der Waals surface area contributed by atoms with Crippen LogP contribution in [-0.2, 0) is 0 Å². The summed E-state index contributed by atoms with van der Waals surface area (Å²) in [6.45, 7) is 2.06. The van der Waals surface area contributed by atoms with Gasteiger partial charge in [0.25, 0.3) is 0 Å². The monoisotopic (exact) mass is 434 g/mol. The molecule has 0 radical (unpaired) electrons. The van der Waals surface area contributed by atoms with Gasteiger partial charge in [0.1, 0.15) is 11.4 Å². The molecule has 2 aromatic heterocycles. The molecule has 31 heavy (non-hydrogen) atoms. The quantitative estimate of drug-likeness (QED) is 0.437. The van der Waals surface area contributed by atoms with Crippen LogP contribution in [0.1, 0.15) is 12.8 Å². The van der Waals surface area contributed by atoms with E-state index in [1.807, 2.05) is 47.4 Å². The Balaban J connectivity index is 1.33. The lowest BCUT2D eigenvalue weighted by molar-refractivity contribution is 0.414. The summed E-state index contributed by atoms with van der Waals surface area (Å²) in [4.78, 5) is 0. The van der Waals surface area contributed by atoms with Gasteiger partial charge in [-0.25, -0.2) is 4.68 Å². The number of H-pyrrole nitrogens is 1. The summed E-state index contributed by atoms with van der Waals surface area (Å²) < 4.78 is 7.08. The van der Waals surface area contributed by atoms with E-state index >= 15 is 0 Å². The number of anilines is 1. The number of nitrogens with zero attached hydrogens (tertiary/aromatic N) is 3. The van der Waals surface area contributed by atoms with E-state index in [4.69, 9.17) is 16.3 Å². The van der Waals surface area contributed by atoms with Gasteiger partial charge < -0.3 is 15.4 Å². The minimum absolute atomic E-state index is 0.400. The molecular weight excluding hydrogens is 412 g/mol. The standard InChI is InChI=1S/C23H23ClN6O/c1-31-16-4-2-15(3-5-16)30-12-14(10-26-30)22-17-8-20(18(24)9-19(17)28-29-22)27-21-11-25-13-23(21)6-7-23/h2-5,8-10,12,21,25,27H,6-7,11,13H2,1H3,(H,28,29)/t21-/m0/s1. The third-order valence-corrected chi connectivity index (χ3v) is 6.94. The largest absolute Gasteiger partial charge is 0.497 e. The predicted octanol–water partition coefficient (Wildman–Crippen LogP) is 4.24. The van der Waals surface area contributed by atoms with E-state index in [0.29, 0.717) is 16.5 Å². The van der Waals surface area contributed by atoms with Gasteiger partial charge in [-0.05, 0) is 49.2 Å².